The molecule has 0 radical (unpaired) electrons. The number of fused-ring (bicyclic) bond motifs is 2. The molecule has 1 unspecified atom stereocenters. The Morgan fingerprint density at radius 3 is 2.82 bits per heavy atom. The molecule has 11 nitrogen and oxygen atoms in total. The maximum Gasteiger partial charge on any atom is 0.252 e. The Kier molecular flexibility index (Phi) is 6.51. The molecule has 1 aromatic carbocycles. The molecule has 0 spiro atoms. The summed E-state index contributed by atoms with van der Waals surface area (Å²) in [5.41, 5.74) is 1.26. The summed E-state index contributed by atoms with van der Waals surface area (Å²) in [6.45, 7) is 4.50. The molecule has 2 aliphatic rings. The molecular formula is C22H28N6O5. The van der Waals surface area contributed by atoms with Crippen molar-refractivity contribution in [1.82, 2.24) is 30.1 Å². The standard InChI is InChI=1S/C22H28N6O5/c1-30-6-4-28-21(24-25-26-28)14-27(13-17-3-2-5-31-17)12-16-9-15-10-19-20(33-8-7-32-19)11-18(15)23-22(16)29/h9-11,17H,2-8,12-14H2,1H3,(H,23,29). The van der Waals surface area contributed by atoms with Gasteiger partial charge in [0.25, 0.3) is 5.56 Å². The molecule has 33 heavy (non-hydrogen) atoms. The maximum absolute atomic E-state index is 12.9. The van der Waals surface area contributed by atoms with Gasteiger partial charge in [-0.15, -0.1) is 5.10 Å². The van der Waals surface area contributed by atoms with E-state index in [9.17, 15) is 4.79 Å². The topological polar surface area (TPSA) is 117 Å². The lowest BCUT2D eigenvalue weighted by atomic mass is 10.1. The highest BCUT2D eigenvalue weighted by Crippen LogP contribution is 2.33. The fourth-order valence-electron chi connectivity index (χ4n) is 4.30. The average Bonchev–Trinajstić information content (AvgIpc) is 3.49. The second-order valence-electron chi connectivity index (χ2n) is 8.32. The summed E-state index contributed by atoms with van der Waals surface area (Å²) in [6.07, 6.45) is 2.18. The largest absolute Gasteiger partial charge is 0.486 e. The summed E-state index contributed by atoms with van der Waals surface area (Å²) >= 11 is 0. The second kappa shape index (κ2) is 9.86. The van der Waals surface area contributed by atoms with Crippen LogP contribution in [0.5, 0.6) is 11.5 Å². The molecule has 2 aliphatic heterocycles. The van der Waals surface area contributed by atoms with E-state index in [1.54, 1.807) is 11.8 Å². The third-order valence-corrected chi connectivity index (χ3v) is 5.94. The van der Waals surface area contributed by atoms with E-state index in [2.05, 4.69) is 25.4 Å². The normalized spacial score (nSPS) is 17.8. The van der Waals surface area contributed by atoms with Crippen LogP contribution in [-0.4, -0.2) is 76.3 Å². The van der Waals surface area contributed by atoms with Crippen LogP contribution in [0.25, 0.3) is 10.9 Å². The van der Waals surface area contributed by atoms with E-state index in [4.69, 9.17) is 18.9 Å². The van der Waals surface area contributed by atoms with Gasteiger partial charge in [0.2, 0.25) is 0 Å². The quantitative estimate of drug-likeness (QED) is 0.505. The van der Waals surface area contributed by atoms with Gasteiger partial charge in [-0.3, -0.25) is 9.69 Å². The van der Waals surface area contributed by atoms with Crippen LogP contribution in [-0.2, 0) is 29.1 Å². The monoisotopic (exact) mass is 456 g/mol. The summed E-state index contributed by atoms with van der Waals surface area (Å²) in [4.78, 5) is 18.1. The smallest absolute Gasteiger partial charge is 0.252 e. The molecule has 1 fully saturated rings. The van der Waals surface area contributed by atoms with Gasteiger partial charge in [-0.25, -0.2) is 4.68 Å². The van der Waals surface area contributed by atoms with Crippen LogP contribution in [0, 0.1) is 0 Å². The first-order chi connectivity index (χ1) is 16.2. The van der Waals surface area contributed by atoms with E-state index in [1.165, 1.54) is 0 Å². The number of hydrogen-bond donors (Lipinski definition) is 1. The van der Waals surface area contributed by atoms with Gasteiger partial charge in [-0.1, -0.05) is 0 Å². The number of aromatic nitrogens is 5. The lowest BCUT2D eigenvalue weighted by Gasteiger charge is -2.24. The Bertz CT molecular complexity index is 1160. The Morgan fingerprint density at radius 2 is 2.03 bits per heavy atom. The molecule has 0 saturated carbocycles. The molecule has 11 heteroatoms. The number of benzene rings is 1. The summed E-state index contributed by atoms with van der Waals surface area (Å²) in [6, 6.07) is 5.66. The number of tetrazole rings is 1. The Labute approximate surface area is 190 Å². The number of H-pyrrole nitrogens is 1. The van der Waals surface area contributed by atoms with Crippen LogP contribution in [0.3, 0.4) is 0 Å². The van der Waals surface area contributed by atoms with Crippen LogP contribution < -0.4 is 15.0 Å². The Hall–Kier alpha value is -3.02. The minimum absolute atomic E-state index is 0.129. The third kappa shape index (κ3) is 5.00. The Morgan fingerprint density at radius 1 is 1.18 bits per heavy atom. The molecule has 1 saturated heterocycles. The average molecular weight is 457 g/mol. The number of pyridine rings is 1. The molecule has 3 aromatic rings. The molecule has 1 atom stereocenters. The summed E-state index contributed by atoms with van der Waals surface area (Å²) < 4.78 is 24.1. The predicted molar refractivity (Wildman–Crippen MR) is 118 cm³/mol. The van der Waals surface area contributed by atoms with Crippen molar-refractivity contribution in [2.75, 3.05) is 40.1 Å². The van der Waals surface area contributed by atoms with Crippen molar-refractivity contribution in [1.29, 1.82) is 0 Å². The molecule has 2 aromatic heterocycles. The minimum atomic E-state index is -0.129. The zero-order valence-corrected chi connectivity index (χ0v) is 18.7. The van der Waals surface area contributed by atoms with Crippen molar-refractivity contribution in [3.8, 4) is 11.5 Å². The number of ether oxygens (including phenoxy) is 4. The summed E-state index contributed by atoms with van der Waals surface area (Å²) in [5.74, 6) is 2.07. The van der Waals surface area contributed by atoms with Gasteiger partial charge in [0.05, 0.1) is 31.3 Å². The highest BCUT2D eigenvalue weighted by molar-refractivity contribution is 5.83. The van der Waals surface area contributed by atoms with Gasteiger partial charge < -0.3 is 23.9 Å². The van der Waals surface area contributed by atoms with E-state index in [1.807, 2.05) is 18.2 Å². The lowest BCUT2D eigenvalue weighted by molar-refractivity contribution is 0.0660. The molecule has 176 valence electrons. The molecule has 4 heterocycles. The van der Waals surface area contributed by atoms with Crippen molar-refractivity contribution in [3.63, 3.8) is 0 Å². The fraction of sp³-hybridized carbons (Fsp3) is 0.545. The number of rotatable bonds is 9. The highest BCUT2D eigenvalue weighted by Gasteiger charge is 2.23. The molecule has 1 N–H and O–H groups in total. The fourth-order valence-corrected chi connectivity index (χ4v) is 4.30. The van der Waals surface area contributed by atoms with Crippen LogP contribution in [0.15, 0.2) is 23.0 Å². The van der Waals surface area contributed by atoms with Gasteiger partial charge in [-0.05, 0) is 35.4 Å². The van der Waals surface area contributed by atoms with Gasteiger partial charge in [-0.2, -0.15) is 0 Å². The van der Waals surface area contributed by atoms with Crippen LogP contribution in [0.1, 0.15) is 24.2 Å². The van der Waals surface area contributed by atoms with E-state index < -0.39 is 0 Å². The first-order valence-corrected chi connectivity index (χ1v) is 11.2. The summed E-state index contributed by atoms with van der Waals surface area (Å²) in [5, 5.41) is 13.0. The molecule has 0 aliphatic carbocycles. The lowest BCUT2D eigenvalue weighted by Crippen LogP contribution is -2.34. The zero-order valence-electron chi connectivity index (χ0n) is 18.7. The van der Waals surface area contributed by atoms with E-state index in [0.717, 1.165) is 36.2 Å². The molecule has 5 rings (SSSR count). The third-order valence-electron chi connectivity index (χ3n) is 5.94. The highest BCUT2D eigenvalue weighted by atomic mass is 16.6. The number of hydrogen-bond acceptors (Lipinski definition) is 9. The second-order valence-corrected chi connectivity index (χ2v) is 8.32. The minimum Gasteiger partial charge on any atom is -0.486 e. The maximum atomic E-state index is 12.9. The number of nitrogens with zero attached hydrogens (tertiary/aromatic N) is 5. The van der Waals surface area contributed by atoms with Crippen molar-refractivity contribution >= 4 is 10.9 Å². The number of nitrogens with one attached hydrogen (secondary N) is 1. The van der Waals surface area contributed by atoms with Crippen LogP contribution in [0.4, 0.5) is 0 Å². The van der Waals surface area contributed by atoms with Gasteiger partial charge >= 0.3 is 0 Å². The first kappa shape index (κ1) is 21.8. The summed E-state index contributed by atoms with van der Waals surface area (Å²) in [7, 11) is 1.65. The van der Waals surface area contributed by atoms with Crippen LogP contribution >= 0.6 is 0 Å². The van der Waals surface area contributed by atoms with Crippen molar-refractivity contribution in [2.45, 2.75) is 38.6 Å². The first-order valence-electron chi connectivity index (χ1n) is 11.2. The zero-order chi connectivity index (χ0) is 22.6. The van der Waals surface area contributed by atoms with Crippen molar-refractivity contribution in [3.05, 3.63) is 39.9 Å². The predicted octanol–water partition coefficient (Wildman–Crippen LogP) is 1.11. The van der Waals surface area contributed by atoms with E-state index >= 15 is 0 Å². The van der Waals surface area contributed by atoms with Crippen molar-refractivity contribution in [2.24, 2.45) is 0 Å². The van der Waals surface area contributed by atoms with E-state index in [0.29, 0.717) is 63.1 Å². The van der Waals surface area contributed by atoms with Gasteiger partial charge in [0, 0.05) is 43.8 Å². The molecular weight excluding hydrogens is 428 g/mol. The number of aromatic amines is 1. The Balaban J connectivity index is 1.41. The van der Waals surface area contributed by atoms with Gasteiger partial charge in [0.15, 0.2) is 17.3 Å². The molecule has 0 bridgehead atoms. The van der Waals surface area contributed by atoms with Gasteiger partial charge in [0.1, 0.15) is 13.2 Å². The van der Waals surface area contributed by atoms with Crippen LogP contribution in [0.2, 0.25) is 0 Å². The number of methoxy groups -OCH3 is 1. The van der Waals surface area contributed by atoms with E-state index in [-0.39, 0.29) is 11.7 Å². The van der Waals surface area contributed by atoms with Crippen molar-refractivity contribution < 1.29 is 18.9 Å². The molecule has 0 amide bonds. The SMILES string of the molecule is COCCn1nnnc1CN(Cc1cc2cc3c(cc2[nH]c1=O)OCCO3)CC1CCCO1.